The first kappa shape index (κ1) is 114. The second kappa shape index (κ2) is 48.2. The monoisotopic (exact) mass is 1670 g/mol. The maximum atomic E-state index is 11.8. The van der Waals surface area contributed by atoms with E-state index in [1.165, 1.54) is 0 Å². The number of ether oxygens (including phenoxy) is 5. The van der Waals surface area contributed by atoms with Gasteiger partial charge in [0.15, 0.2) is 24.8 Å². The van der Waals surface area contributed by atoms with E-state index in [4.69, 9.17) is 23.7 Å². The quantitative estimate of drug-likeness (QED) is 0.0399. The van der Waals surface area contributed by atoms with Gasteiger partial charge in [-0.05, 0) is 0 Å². The fraction of sp³-hybridized carbons (Fsp3) is 1.00. The van der Waals surface area contributed by atoms with Gasteiger partial charge in [-0.3, -0.25) is 41.8 Å². The van der Waals surface area contributed by atoms with Crippen molar-refractivity contribution < 1.29 is 709 Å². The molecule has 0 aromatic heterocycles. The minimum absolute atomic E-state index is 0. The van der Waals surface area contributed by atoms with E-state index in [0.717, 1.165) is 0 Å². The third-order valence-electron chi connectivity index (χ3n) is 8.02. The van der Waals surface area contributed by atoms with Crippen molar-refractivity contribution in [1.29, 1.82) is 0 Å². The van der Waals surface area contributed by atoms with E-state index in [2.05, 4.69) is 41.8 Å². The van der Waals surface area contributed by atoms with Crippen LogP contribution in [0.5, 0.6) is 0 Å². The fourth-order valence-corrected chi connectivity index (χ4v) is 10.6. The Morgan fingerprint density at radius 3 is 0.590 bits per heavy atom. The Bertz CT molecular complexity index is 2930. The molecule has 83 heavy (non-hydrogen) atoms. The maximum Gasteiger partial charge on any atom is 1.00 e. The molecule has 0 aliphatic carbocycles. The van der Waals surface area contributed by atoms with Gasteiger partial charge in [0.05, 0.1) is 26.4 Å². The largest absolute Gasteiger partial charge is 1.00 e. The molecule has 0 radical (unpaired) electrons. The molecule has 3 saturated heterocycles. The molecule has 3 fully saturated rings. The second-order valence-corrected chi connectivity index (χ2v) is 23.3. The van der Waals surface area contributed by atoms with E-state index in [0.29, 0.717) is 0 Å². The van der Waals surface area contributed by atoms with Crippen molar-refractivity contribution in [2.24, 2.45) is 0 Å². The smallest absolute Gasteiger partial charge is 0.726 e. The summed E-state index contributed by atoms with van der Waals surface area (Å²) in [4.78, 5) is 0. The first-order valence-electron chi connectivity index (χ1n) is 16.9. The first-order chi connectivity index (χ1) is 32.4. The molecule has 0 aromatic rings. The van der Waals surface area contributed by atoms with E-state index < -0.39 is 216 Å². The molecule has 14 atom stereocenters. The van der Waals surface area contributed by atoms with E-state index in [1.807, 2.05) is 0 Å². The summed E-state index contributed by atoms with van der Waals surface area (Å²) < 4.78 is 412. The summed E-state index contributed by atoms with van der Waals surface area (Å²) in [6.45, 7) is -7.91. The topological polar surface area (TPSA) is 710 Å². The number of rotatable bonds is 28. The molecule has 0 bridgehead atoms. The zero-order chi connectivity index (χ0) is 56.5. The molecule has 0 N–H and O–H groups in total. The molecule has 434 valence electrons. The third-order valence-corrected chi connectivity index (χ3v) is 12.5. The van der Waals surface area contributed by atoms with Crippen LogP contribution in [0.1, 0.15) is 0 Å². The molecule has 3 rings (SSSR count). The molecule has 0 amide bonds. The molecule has 0 spiro atoms. The fourth-order valence-electron chi connectivity index (χ4n) is 6.02. The summed E-state index contributed by atoms with van der Waals surface area (Å²) >= 11 is 0. The van der Waals surface area contributed by atoms with E-state index in [9.17, 15) is 130 Å². The van der Waals surface area contributed by atoms with Crippen LogP contribution in [0.15, 0.2) is 0 Å². The summed E-state index contributed by atoms with van der Waals surface area (Å²) in [6.07, 6.45) is -44.5. The zero-order valence-electron chi connectivity index (χ0n) is 43.4. The van der Waals surface area contributed by atoms with Gasteiger partial charge in [0.2, 0.25) is 104 Å². The van der Waals surface area contributed by atoms with Crippen LogP contribution in [0, 0.1) is 0 Å². The van der Waals surface area contributed by atoms with Gasteiger partial charge >= 0.3 is 514 Å². The summed E-state index contributed by atoms with van der Waals surface area (Å²) in [7, 11) is -63.3. The predicted molar refractivity (Wildman–Crippen MR) is 186 cm³/mol. The van der Waals surface area contributed by atoms with Crippen molar-refractivity contribution in [2.75, 3.05) is 26.4 Å². The van der Waals surface area contributed by atoms with Gasteiger partial charge in [-0.1, -0.05) is 0 Å². The Morgan fingerprint density at radius 2 is 0.398 bits per heavy atom. The van der Waals surface area contributed by atoms with E-state index in [1.54, 1.807) is 0 Å². The van der Waals surface area contributed by atoms with Crippen molar-refractivity contribution in [3.63, 3.8) is 0 Å². The van der Waals surface area contributed by atoms with E-state index in [-0.39, 0.29) is 514 Å². The van der Waals surface area contributed by atoms with Gasteiger partial charge < -0.3 is 69.2 Å². The molecule has 0 saturated carbocycles. The van der Waals surface area contributed by atoms with Crippen LogP contribution in [0.2, 0.25) is 0 Å². The van der Waals surface area contributed by atoms with Gasteiger partial charge in [0.1, 0.15) is 61.0 Å². The third kappa shape index (κ3) is 49.4. The van der Waals surface area contributed by atoms with E-state index >= 15 is 0 Å². The minimum Gasteiger partial charge on any atom is -0.726 e. The predicted octanol–water partition coefficient (Wildman–Crippen LogP) is -42.0. The average Bonchev–Trinajstić information content (AvgIpc) is 3.40. The van der Waals surface area contributed by atoms with Crippen molar-refractivity contribution in [2.45, 2.75) is 85.8 Å². The van der Waals surface area contributed by atoms with Crippen LogP contribution in [-0.2, 0) is 170 Å². The molecule has 0 unspecified atom stereocenters. The molecule has 3 aliphatic heterocycles. The van der Waals surface area contributed by atoms with Crippen molar-refractivity contribution >= 4 is 104 Å². The van der Waals surface area contributed by atoms with Crippen LogP contribution in [-0.4, -0.2) is 242 Å². The minimum atomic E-state index is -6.47. The summed E-state index contributed by atoms with van der Waals surface area (Å²) in [5.74, 6) is 0. The molecular weight excluding hydrogens is 1650 g/mol. The standard InChI is InChI=1S/C18H32O45S10.10K/c19-64(20,21)51-3-7-11(58-68(31,32)33)13(60-70(37,38)39)15(62-72(43,44)45)17(54-7)49-1-5-9(56-66(25,26)27)10(57-67(28,29)30)6(53-5)2-50-18-16(63-73(46,47)48)14(61-71(40,41)42)12(59-69(34,35)36)8(55-18)4-52-65(22,23)24;;;;;;;;;;/h5-18H,1-4H2,(H,19,20,21)(H,22,23,24)(H,25,26,27)(H,28,29,30)(H,31,32,33)(H,34,35,36)(H,37,38,39)(H,40,41,42)(H,43,44,45)(H,46,47,48);;;;;;;;;;/q;10*+1/p-10/t5-,6-,7-,8-,9-,10-,11-,12-,13+,14+,15-,16-,17-,18-;;;;;;;;;;/m1........../s1. The Morgan fingerprint density at radius 1 is 0.229 bits per heavy atom. The Hall–Kier alpha value is 14.9. The molecule has 0 aromatic carbocycles. The molecular formula is C18H22K10O45S10. The van der Waals surface area contributed by atoms with Crippen LogP contribution >= 0.6 is 0 Å². The first-order valence-corrected chi connectivity index (χ1v) is 30.2. The van der Waals surface area contributed by atoms with Gasteiger partial charge in [0, 0.05) is 0 Å². The van der Waals surface area contributed by atoms with Crippen molar-refractivity contribution in [3.8, 4) is 0 Å². The Labute approximate surface area is 898 Å². The molecule has 45 nitrogen and oxygen atoms in total. The van der Waals surface area contributed by atoms with Gasteiger partial charge in [-0.25, -0.2) is 84.2 Å². The Kier molecular flexibility index (Phi) is 66.1. The normalized spacial score (nSPS) is 28.0. The van der Waals surface area contributed by atoms with Crippen molar-refractivity contribution in [1.82, 2.24) is 0 Å². The van der Waals surface area contributed by atoms with Gasteiger partial charge in [-0.2, -0.15) is 0 Å². The SMILES string of the molecule is O=S(=O)([O-])OC[C@H]1O[C@@H](OC[C@H]2O[C@H](CO[C@@H]3O[C@H](COS(=O)(=O)[O-])[C@@H](OS(=O)(=O)[O-])[C@H](OS(=O)(=O)[O-])[C@H]3OS(=O)(=O)[O-])[C@@H](OS(=O)(=O)[O-])[C@@H]2OS(=O)(=O)[O-])[C@H](OS(=O)(=O)[O-])[C@@H](OS(=O)(=O)[O-])[C@@H]1OS(=O)(=O)[O-].[K+].[K+].[K+].[K+].[K+].[K+].[K+].[K+].[K+].[K+]. The van der Waals surface area contributed by atoms with Crippen LogP contribution in [0.3, 0.4) is 0 Å². The Balaban J connectivity index is -0.000000937. The van der Waals surface area contributed by atoms with Crippen LogP contribution in [0.25, 0.3) is 0 Å². The van der Waals surface area contributed by atoms with Crippen molar-refractivity contribution in [3.05, 3.63) is 0 Å². The molecule has 3 aliphatic rings. The molecule has 3 heterocycles. The summed E-state index contributed by atoms with van der Waals surface area (Å²) in [5.41, 5.74) is 0. The number of hydrogen-bond donors (Lipinski definition) is 0. The summed E-state index contributed by atoms with van der Waals surface area (Å²) in [6, 6.07) is 0. The molecule has 65 heteroatoms. The average molecular weight is 1670 g/mol. The van der Waals surface area contributed by atoms with Crippen LogP contribution < -0.4 is 514 Å². The maximum absolute atomic E-state index is 11.8. The number of hydrogen-bond acceptors (Lipinski definition) is 45. The summed E-state index contributed by atoms with van der Waals surface area (Å²) in [5, 5.41) is 0. The van der Waals surface area contributed by atoms with Gasteiger partial charge in [-0.15, -0.1) is 0 Å². The van der Waals surface area contributed by atoms with Gasteiger partial charge in [0.25, 0.3) is 0 Å². The second-order valence-electron chi connectivity index (χ2n) is 13.1. The zero-order valence-corrected chi connectivity index (χ0v) is 82.8. The van der Waals surface area contributed by atoms with Crippen LogP contribution in [0.4, 0.5) is 0 Å².